The van der Waals surface area contributed by atoms with E-state index in [1.165, 1.54) is 16.2 Å². The highest BCUT2D eigenvalue weighted by Gasteiger charge is 2.24. The Morgan fingerprint density at radius 1 is 1.19 bits per heavy atom. The van der Waals surface area contributed by atoms with Gasteiger partial charge in [-0.05, 0) is 62.5 Å². The number of carbonyl (C=O) groups excluding carboxylic acids is 2. The molecule has 136 valence electrons. The zero-order valence-corrected chi connectivity index (χ0v) is 16.2. The third-order valence-corrected chi connectivity index (χ3v) is 5.81. The van der Waals surface area contributed by atoms with Crippen molar-refractivity contribution >= 4 is 45.5 Å². The van der Waals surface area contributed by atoms with Crippen LogP contribution in [0.4, 0.5) is 5.00 Å². The SMILES string of the molecule is Cc1cccc(C(=O)NC(=S)Nc2sc3c(c2C(N)=O)CCCCC3)c1. The van der Waals surface area contributed by atoms with Crippen LogP contribution in [0.3, 0.4) is 0 Å². The monoisotopic (exact) mass is 387 g/mol. The predicted molar refractivity (Wildman–Crippen MR) is 109 cm³/mol. The van der Waals surface area contributed by atoms with E-state index in [9.17, 15) is 9.59 Å². The molecule has 0 fully saturated rings. The summed E-state index contributed by atoms with van der Waals surface area (Å²) in [4.78, 5) is 25.5. The zero-order valence-electron chi connectivity index (χ0n) is 14.6. The number of thiophene rings is 1. The lowest BCUT2D eigenvalue weighted by molar-refractivity contribution is 0.0975. The van der Waals surface area contributed by atoms with Gasteiger partial charge >= 0.3 is 0 Å². The Bertz CT molecular complexity index is 874. The molecule has 0 atom stereocenters. The Balaban J connectivity index is 1.77. The quantitative estimate of drug-likeness (QED) is 0.555. The van der Waals surface area contributed by atoms with Gasteiger partial charge in [-0.3, -0.25) is 14.9 Å². The van der Waals surface area contributed by atoms with Crippen LogP contribution < -0.4 is 16.4 Å². The fourth-order valence-electron chi connectivity index (χ4n) is 3.19. The number of carbonyl (C=O) groups is 2. The van der Waals surface area contributed by atoms with E-state index in [1.807, 2.05) is 19.1 Å². The second-order valence-electron chi connectivity index (χ2n) is 6.41. The molecule has 0 radical (unpaired) electrons. The normalized spacial score (nSPS) is 13.4. The molecule has 1 aliphatic rings. The van der Waals surface area contributed by atoms with Gasteiger partial charge in [0.1, 0.15) is 5.00 Å². The molecule has 3 rings (SSSR count). The summed E-state index contributed by atoms with van der Waals surface area (Å²) < 4.78 is 0. The van der Waals surface area contributed by atoms with E-state index in [4.69, 9.17) is 18.0 Å². The first-order valence-electron chi connectivity index (χ1n) is 8.59. The Kier molecular flexibility index (Phi) is 5.68. The van der Waals surface area contributed by atoms with Gasteiger partial charge in [0.05, 0.1) is 5.56 Å². The average molecular weight is 388 g/mol. The molecule has 7 heteroatoms. The van der Waals surface area contributed by atoms with Gasteiger partial charge in [-0.15, -0.1) is 11.3 Å². The van der Waals surface area contributed by atoms with Gasteiger partial charge in [-0.2, -0.15) is 0 Å². The smallest absolute Gasteiger partial charge is 0.257 e. The largest absolute Gasteiger partial charge is 0.365 e. The molecular formula is C19H21N3O2S2. The van der Waals surface area contributed by atoms with Crippen molar-refractivity contribution in [1.82, 2.24) is 5.32 Å². The van der Waals surface area contributed by atoms with Crippen LogP contribution in [-0.2, 0) is 12.8 Å². The predicted octanol–water partition coefficient (Wildman–Crippen LogP) is 3.55. The van der Waals surface area contributed by atoms with Crippen molar-refractivity contribution in [3.8, 4) is 0 Å². The fourth-order valence-corrected chi connectivity index (χ4v) is 4.75. The maximum absolute atomic E-state index is 12.3. The Labute approximate surface area is 162 Å². The minimum absolute atomic E-state index is 0.162. The lowest BCUT2D eigenvalue weighted by atomic mass is 10.1. The number of benzene rings is 1. The van der Waals surface area contributed by atoms with Crippen LogP contribution in [-0.4, -0.2) is 16.9 Å². The zero-order chi connectivity index (χ0) is 18.7. The molecule has 2 amide bonds. The van der Waals surface area contributed by atoms with Crippen LogP contribution in [0.5, 0.6) is 0 Å². The van der Waals surface area contributed by atoms with Crippen LogP contribution in [0, 0.1) is 6.92 Å². The van der Waals surface area contributed by atoms with Gasteiger partial charge in [0.15, 0.2) is 5.11 Å². The number of thiocarbonyl (C=S) groups is 1. The molecular weight excluding hydrogens is 366 g/mol. The van der Waals surface area contributed by atoms with Crippen LogP contribution in [0.2, 0.25) is 0 Å². The van der Waals surface area contributed by atoms with Crippen molar-refractivity contribution in [2.45, 2.75) is 39.0 Å². The second kappa shape index (κ2) is 7.97. The molecule has 0 aliphatic heterocycles. The van der Waals surface area contributed by atoms with Crippen LogP contribution in [0.25, 0.3) is 0 Å². The number of hydrogen-bond donors (Lipinski definition) is 3. The number of amides is 2. The summed E-state index contributed by atoms with van der Waals surface area (Å²) in [5, 5.41) is 6.46. The van der Waals surface area contributed by atoms with Crippen molar-refractivity contribution < 1.29 is 9.59 Å². The summed E-state index contributed by atoms with van der Waals surface area (Å²) in [6.07, 6.45) is 5.13. The highest BCUT2D eigenvalue weighted by atomic mass is 32.1. The van der Waals surface area contributed by atoms with Crippen molar-refractivity contribution in [3.05, 3.63) is 51.4 Å². The number of fused-ring (bicyclic) bond motifs is 1. The molecule has 1 aromatic carbocycles. The number of nitrogens with one attached hydrogen (secondary N) is 2. The number of anilines is 1. The van der Waals surface area contributed by atoms with Crippen molar-refractivity contribution in [1.29, 1.82) is 0 Å². The van der Waals surface area contributed by atoms with Gasteiger partial charge in [0.2, 0.25) is 0 Å². The summed E-state index contributed by atoms with van der Waals surface area (Å²) in [5.41, 5.74) is 8.69. The second-order valence-corrected chi connectivity index (χ2v) is 7.92. The number of nitrogens with two attached hydrogens (primary N) is 1. The summed E-state index contributed by atoms with van der Waals surface area (Å²) in [6.45, 7) is 1.92. The number of rotatable bonds is 3. The maximum Gasteiger partial charge on any atom is 0.257 e. The first-order chi connectivity index (χ1) is 12.5. The van der Waals surface area contributed by atoms with E-state index >= 15 is 0 Å². The number of aryl methyl sites for hydroxylation is 2. The minimum atomic E-state index is -0.459. The average Bonchev–Trinajstić information content (AvgIpc) is 2.76. The Morgan fingerprint density at radius 2 is 1.96 bits per heavy atom. The molecule has 0 unspecified atom stereocenters. The summed E-state index contributed by atoms with van der Waals surface area (Å²) in [7, 11) is 0. The van der Waals surface area contributed by atoms with Gasteiger partial charge in [-0.25, -0.2) is 0 Å². The highest BCUT2D eigenvalue weighted by Crippen LogP contribution is 2.37. The van der Waals surface area contributed by atoms with E-state index < -0.39 is 5.91 Å². The van der Waals surface area contributed by atoms with E-state index in [1.54, 1.807) is 12.1 Å². The molecule has 26 heavy (non-hydrogen) atoms. The first-order valence-corrected chi connectivity index (χ1v) is 9.81. The van der Waals surface area contributed by atoms with E-state index in [0.717, 1.165) is 43.2 Å². The molecule has 0 bridgehead atoms. The summed E-state index contributed by atoms with van der Waals surface area (Å²) in [6, 6.07) is 7.26. The highest BCUT2D eigenvalue weighted by molar-refractivity contribution is 7.80. The van der Waals surface area contributed by atoms with Gasteiger partial charge in [-0.1, -0.05) is 24.1 Å². The summed E-state index contributed by atoms with van der Waals surface area (Å²) in [5.74, 6) is -0.746. The Hall–Kier alpha value is -2.25. The first kappa shape index (κ1) is 18.5. The fraction of sp³-hybridized carbons (Fsp3) is 0.316. The molecule has 2 aromatic rings. The van der Waals surface area contributed by atoms with Gasteiger partial charge < -0.3 is 11.1 Å². The Morgan fingerprint density at radius 3 is 2.69 bits per heavy atom. The van der Waals surface area contributed by atoms with Gasteiger partial charge in [0, 0.05) is 10.4 Å². The molecule has 1 heterocycles. The van der Waals surface area contributed by atoms with Crippen molar-refractivity contribution in [2.24, 2.45) is 5.73 Å². The van der Waals surface area contributed by atoms with E-state index in [-0.39, 0.29) is 11.0 Å². The topological polar surface area (TPSA) is 84.2 Å². The van der Waals surface area contributed by atoms with Crippen LogP contribution >= 0.6 is 23.6 Å². The maximum atomic E-state index is 12.3. The molecule has 1 aromatic heterocycles. The van der Waals surface area contributed by atoms with Crippen LogP contribution in [0.1, 0.15) is 56.0 Å². The lowest BCUT2D eigenvalue weighted by Crippen LogP contribution is -2.34. The summed E-state index contributed by atoms with van der Waals surface area (Å²) >= 11 is 6.78. The third-order valence-electron chi connectivity index (χ3n) is 4.40. The molecule has 1 aliphatic carbocycles. The number of primary amides is 1. The van der Waals surface area contributed by atoms with E-state index in [2.05, 4.69) is 10.6 Å². The molecule has 0 saturated carbocycles. The van der Waals surface area contributed by atoms with E-state index in [0.29, 0.717) is 16.1 Å². The standard InChI is InChI=1S/C19H21N3O2S2/c1-11-6-5-7-12(10-11)17(24)21-19(25)22-18-15(16(20)23)13-8-3-2-4-9-14(13)26-18/h5-7,10H,2-4,8-9H2,1H3,(H2,20,23)(H2,21,22,24,25). The van der Waals surface area contributed by atoms with Gasteiger partial charge in [0.25, 0.3) is 11.8 Å². The molecule has 5 nitrogen and oxygen atoms in total. The number of hydrogen-bond acceptors (Lipinski definition) is 4. The molecule has 0 spiro atoms. The lowest BCUT2D eigenvalue weighted by Gasteiger charge is -2.10. The molecule has 0 saturated heterocycles. The third kappa shape index (κ3) is 4.11. The van der Waals surface area contributed by atoms with Crippen LogP contribution in [0.15, 0.2) is 24.3 Å². The van der Waals surface area contributed by atoms with Crippen molar-refractivity contribution in [3.63, 3.8) is 0 Å². The van der Waals surface area contributed by atoms with Crippen molar-refractivity contribution in [2.75, 3.05) is 5.32 Å². The molecule has 4 N–H and O–H groups in total. The minimum Gasteiger partial charge on any atom is -0.365 e.